The van der Waals surface area contributed by atoms with E-state index in [1.807, 2.05) is 0 Å². The Morgan fingerprint density at radius 1 is 1.60 bits per heavy atom. The number of aromatic hydroxyl groups is 1. The molecule has 2 rings (SSSR count). The maximum Gasteiger partial charge on any atom is 0.125 e. The summed E-state index contributed by atoms with van der Waals surface area (Å²) in [5.41, 5.74) is -0.875. The van der Waals surface area contributed by atoms with Gasteiger partial charge in [-0.3, -0.25) is 0 Å². The number of fused-ring (bicyclic) bond motifs is 1. The molecular formula is C12H16N2O. The highest BCUT2D eigenvalue weighted by Gasteiger charge is 2.07. The fraction of sp³-hybridized carbons (Fsp3) is 0.333. The predicted molar refractivity (Wildman–Crippen MR) is 62.2 cm³/mol. The lowest BCUT2D eigenvalue weighted by molar-refractivity contribution is 0.414. The van der Waals surface area contributed by atoms with E-state index in [0.717, 1.165) is 0 Å². The Kier molecular flexibility index (Phi) is 0.927. The Bertz CT molecular complexity index is 814. The second kappa shape index (κ2) is 3.95. The van der Waals surface area contributed by atoms with Gasteiger partial charge in [0.15, 0.2) is 0 Å². The highest BCUT2D eigenvalue weighted by Crippen LogP contribution is 2.27. The molecule has 0 aliphatic rings. The first-order valence-electron chi connectivity index (χ1n) is 9.49. The zero-order valence-corrected chi connectivity index (χ0v) is 7.81. The van der Waals surface area contributed by atoms with Gasteiger partial charge < -0.3 is 15.0 Å². The van der Waals surface area contributed by atoms with Gasteiger partial charge in [-0.25, -0.2) is 0 Å². The lowest BCUT2D eigenvalue weighted by atomic mass is 10.1. The van der Waals surface area contributed by atoms with Gasteiger partial charge in [0.05, 0.1) is 5.48 Å². The van der Waals surface area contributed by atoms with Crippen LogP contribution in [0.4, 0.5) is 0 Å². The number of aryl methyl sites for hydroxylation is 1. The van der Waals surface area contributed by atoms with Gasteiger partial charge in [0.25, 0.3) is 0 Å². The minimum atomic E-state index is -2.95. The molecule has 15 heavy (non-hydrogen) atoms. The molecule has 0 saturated heterocycles. The fourth-order valence-electron chi connectivity index (χ4n) is 1.15. The summed E-state index contributed by atoms with van der Waals surface area (Å²) in [4.78, 5) is 2.94. The van der Waals surface area contributed by atoms with Crippen LogP contribution in [-0.4, -0.2) is 35.5 Å². The van der Waals surface area contributed by atoms with Crippen molar-refractivity contribution in [2.75, 3.05) is 20.5 Å². The highest BCUT2D eigenvalue weighted by molar-refractivity contribution is 5.88. The average molecular weight is 214 g/mol. The maximum atomic E-state index is 10.2. The third-order valence-corrected chi connectivity index (χ3v) is 1.76. The molecule has 3 heteroatoms. The molecule has 0 unspecified atom stereocenters. The van der Waals surface area contributed by atoms with Crippen LogP contribution in [-0.2, 0) is 6.37 Å². The molecule has 2 N–H and O–H groups in total. The largest absolute Gasteiger partial charge is 0.507 e. The Morgan fingerprint density at radius 2 is 2.47 bits per heavy atom. The van der Waals surface area contributed by atoms with Crippen molar-refractivity contribution in [1.29, 1.82) is 0 Å². The van der Waals surface area contributed by atoms with Crippen molar-refractivity contribution in [2.45, 2.75) is 6.37 Å². The van der Waals surface area contributed by atoms with Crippen LogP contribution in [0.1, 0.15) is 19.3 Å². The van der Waals surface area contributed by atoms with Gasteiger partial charge in [-0.1, -0.05) is 6.04 Å². The van der Waals surface area contributed by atoms with Crippen molar-refractivity contribution in [3.8, 4) is 5.75 Å². The van der Waals surface area contributed by atoms with E-state index in [1.165, 1.54) is 0 Å². The summed E-state index contributed by atoms with van der Waals surface area (Å²) in [7, 11) is -1.41. The summed E-state index contributed by atoms with van der Waals surface area (Å²) in [6.07, 6.45) is -3.57. The molecule has 80 valence electrons. The van der Waals surface area contributed by atoms with Crippen LogP contribution in [0.5, 0.6) is 5.75 Å². The molecule has 0 aliphatic heterocycles. The molecule has 1 heterocycles. The van der Waals surface area contributed by atoms with E-state index < -0.39 is 67.9 Å². The summed E-state index contributed by atoms with van der Waals surface area (Å²) in [5, 5.41) is 9.75. The van der Waals surface area contributed by atoms with Crippen molar-refractivity contribution in [3.63, 3.8) is 0 Å². The first kappa shape index (κ1) is 3.52. The SMILES string of the molecule is [2H]CN(C[2H])C([2H])([2H])C([2H])([2H])c1c([2H])[nH]c2c([2H])c([2H])c([2H])c(O)c12. The van der Waals surface area contributed by atoms with Crippen molar-refractivity contribution < 1.29 is 18.8 Å². The lowest BCUT2D eigenvalue weighted by Crippen LogP contribution is -2.14. The van der Waals surface area contributed by atoms with Crippen LogP contribution >= 0.6 is 0 Å². The minimum absolute atomic E-state index is 0.249. The Hall–Kier alpha value is -1.48. The van der Waals surface area contributed by atoms with Crippen LogP contribution in [0.25, 0.3) is 10.9 Å². The second-order valence-electron chi connectivity index (χ2n) is 2.88. The number of rotatable bonds is 3. The third-order valence-electron chi connectivity index (χ3n) is 1.76. The second-order valence-corrected chi connectivity index (χ2v) is 2.88. The van der Waals surface area contributed by atoms with Gasteiger partial charge in [-0.05, 0) is 38.1 Å². The molecule has 0 bridgehead atoms. The van der Waals surface area contributed by atoms with Crippen molar-refractivity contribution in [2.24, 2.45) is 0 Å². The molecule has 1 aromatic carbocycles. The van der Waals surface area contributed by atoms with E-state index >= 15 is 0 Å². The average Bonchev–Trinajstić information content (AvgIpc) is 2.89. The van der Waals surface area contributed by atoms with Crippen LogP contribution in [0, 0.1) is 0 Å². The monoisotopic (exact) mass is 214 g/mol. The number of phenols is 1. The van der Waals surface area contributed by atoms with Crippen LogP contribution < -0.4 is 0 Å². The zero-order valence-electron chi connectivity index (χ0n) is 17.8. The highest BCUT2D eigenvalue weighted by atomic mass is 16.3. The predicted octanol–water partition coefficient (Wildman–Crippen LogP) is 1.98. The van der Waals surface area contributed by atoms with Gasteiger partial charge in [-0.2, -0.15) is 0 Å². The standard InChI is InChI=1S/C12H16N2O/c1-14(2)7-6-9-8-13-10-4-3-5-11(15)12(9)10/h3-5,8,13,15H,6-7H2,1-2H3/i1D,2D,3D,4D,5D,6D2,7D2,8D. The number of benzene rings is 1. The Balaban J connectivity index is 2.87. The maximum absolute atomic E-state index is 10.2. The number of nitrogens with one attached hydrogen (secondary N) is 1. The summed E-state index contributed by atoms with van der Waals surface area (Å²) in [6.45, 7) is -2.88. The molecule has 0 fully saturated rings. The molecular weight excluding hydrogens is 188 g/mol. The number of hydrogen-bond donors (Lipinski definition) is 2. The van der Waals surface area contributed by atoms with Crippen molar-refractivity contribution in [1.82, 2.24) is 9.88 Å². The van der Waals surface area contributed by atoms with Gasteiger partial charge in [-0.15, -0.1) is 0 Å². The third kappa shape index (κ3) is 1.97. The van der Waals surface area contributed by atoms with Crippen LogP contribution in [0.15, 0.2) is 24.3 Å². The van der Waals surface area contributed by atoms with E-state index in [1.54, 1.807) is 0 Å². The molecule has 3 nitrogen and oxygen atoms in total. The molecule has 0 radical (unpaired) electrons. The van der Waals surface area contributed by atoms with Gasteiger partial charge in [0.2, 0.25) is 0 Å². The number of likely N-dealkylation sites (N-methyl/N-ethyl adjacent to an activating group) is 1. The lowest BCUT2D eigenvalue weighted by Gasteiger charge is -2.08. The fourth-order valence-corrected chi connectivity index (χ4v) is 1.15. The van der Waals surface area contributed by atoms with E-state index in [-0.39, 0.29) is 5.52 Å². The Morgan fingerprint density at radius 3 is 3.27 bits per heavy atom. The summed E-state index contributed by atoms with van der Waals surface area (Å²) < 4.78 is 78.1. The summed E-state index contributed by atoms with van der Waals surface area (Å²) in [5.74, 6) is -0.830. The molecule has 1 aromatic heterocycles. The molecule has 0 saturated carbocycles. The van der Waals surface area contributed by atoms with E-state index in [2.05, 4.69) is 4.98 Å². The normalized spacial score (nSPS) is 22.7. The molecule has 0 spiro atoms. The zero-order chi connectivity index (χ0) is 19.3. The van der Waals surface area contributed by atoms with Crippen LogP contribution in [0.2, 0.25) is 0 Å². The molecule has 0 aliphatic carbocycles. The molecule has 0 atom stereocenters. The summed E-state index contributed by atoms with van der Waals surface area (Å²) >= 11 is 0. The quantitative estimate of drug-likeness (QED) is 0.820. The number of aromatic nitrogens is 1. The van der Waals surface area contributed by atoms with Gasteiger partial charge >= 0.3 is 0 Å². The van der Waals surface area contributed by atoms with Crippen molar-refractivity contribution in [3.05, 3.63) is 29.9 Å². The number of nitrogens with zero attached hydrogens (tertiary/aromatic N) is 1. The minimum Gasteiger partial charge on any atom is -0.507 e. The van der Waals surface area contributed by atoms with Crippen LogP contribution in [0.3, 0.4) is 0 Å². The molecule has 2 aromatic rings. The topological polar surface area (TPSA) is 39.3 Å². The van der Waals surface area contributed by atoms with E-state index in [0.29, 0.717) is 4.90 Å². The van der Waals surface area contributed by atoms with Crippen molar-refractivity contribution >= 4 is 10.9 Å². The van der Waals surface area contributed by atoms with Gasteiger partial charge in [0, 0.05) is 31.8 Å². The number of phenolic OH excluding ortho intramolecular Hbond substituents is 1. The van der Waals surface area contributed by atoms with Gasteiger partial charge in [0.1, 0.15) is 5.75 Å². The first-order chi connectivity index (χ1) is 11.4. The Labute approximate surface area is 103 Å². The number of aromatic amines is 1. The summed E-state index contributed by atoms with van der Waals surface area (Å²) in [6, 6.07) is -1.86. The molecule has 0 amide bonds. The van der Waals surface area contributed by atoms with E-state index in [9.17, 15) is 5.11 Å². The smallest absolute Gasteiger partial charge is 0.125 e. The van der Waals surface area contributed by atoms with E-state index in [4.69, 9.17) is 13.7 Å². The number of H-pyrrole nitrogens is 1. The number of hydrogen-bond acceptors (Lipinski definition) is 2. The first-order valence-corrected chi connectivity index (χ1v) is 4.08.